The first-order valence-corrected chi connectivity index (χ1v) is 14.5. The van der Waals surface area contributed by atoms with Crippen molar-refractivity contribution in [3.8, 4) is 0 Å². The Kier molecular flexibility index (Phi) is 8.48. The summed E-state index contributed by atoms with van der Waals surface area (Å²) in [6.07, 6.45) is 0.869. The van der Waals surface area contributed by atoms with Crippen molar-refractivity contribution in [2.75, 3.05) is 6.61 Å². The molecule has 34 heavy (non-hydrogen) atoms. The second-order valence-corrected chi connectivity index (χ2v) is 13.6. The molecule has 0 saturated carbocycles. The van der Waals surface area contributed by atoms with Gasteiger partial charge in [-0.05, 0) is 29.5 Å². The van der Waals surface area contributed by atoms with E-state index in [2.05, 4.69) is 122 Å². The SMILES string of the molecule is C[C@H](COCc1ccccc1)C[Si](c1ccccc1)(c1ccccc1)C(N)Cc1ccccc1. The summed E-state index contributed by atoms with van der Waals surface area (Å²) in [4.78, 5) is 0. The van der Waals surface area contributed by atoms with Crippen LogP contribution in [0, 0.1) is 5.92 Å². The smallest absolute Gasteiger partial charge is 0.135 e. The molecule has 0 aromatic heterocycles. The van der Waals surface area contributed by atoms with Crippen LogP contribution in [0.4, 0.5) is 0 Å². The fourth-order valence-electron chi connectivity index (χ4n) is 5.06. The highest BCUT2D eigenvalue weighted by atomic mass is 28.3. The van der Waals surface area contributed by atoms with Gasteiger partial charge in [0.1, 0.15) is 8.07 Å². The Morgan fingerprint density at radius 1 is 0.647 bits per heavy atom. The zero-order valence-electron chi connectivity index (χ0n) is 20.0. The first-order valence-electron chi connectivity index (χ1n) is 12.2. The van der Waals surface area contributed by atoms with Crippen molar-refractivity contribution in [1.29, 1.82) is 0 Å². The number of hydrogen-bond donors (Lipinski definition) is 1. The second kappa shape index (κ2) is 11.9. The molecule has 3 heteroatoms. The lowest BCUT2D eigenvalue weighted by Crippen LogP contribution is -2.70. The van der Waals surface area contributed by atoms with Crippen molar-refractivity contribution in [2.24, 2.45) is 11.7 Å². The summed E-state index contributed by atoms with van der Waals surface area (Å²) in [7, 11) is -2.33. The Labute approximate surface area is 205 Å². The van der Waals surface area contributed by atoms with Gasteiger partial charge in [-0.15, -0.1) is 0 Å². The minimum absolute atomic E-state index is 0.0521. The van der Waals surface area contributed by atoms with Gasteiger partial charge in [-0.1, -0.05) is 139 Å². The van der Waals surface area contributed by atoms with E-state index in [1.807, 2.05) is 6.07 Å². The first-order chi connectivity index (χ1) is 16.7. The number of nitrogens with two attached hydrogens (primary N) is 1. The summed E-state index contributed by atoms with van der Waals surface area (Å²) < 4.78 is 6.18. The Bertz CT molecular complexity index is 1060. The number of benzene rings is 4. The van der Waals surface area contributed by atoms with Gasteiger partial charge >= 0.3 is 0 Å². The lowest BCUT2D eigenvalue weighted by molar-refractivity contribution is 0.0967. The van der Waals surface area contributed by atoms with E-state index in [4.69, 9.17) is 10.5 Å². The third kappa shape index (κ3) is 5.92. The van der Waals surface area contributed by atoms with E-state index < -0.39 is 8.07 Å². The molecule has 2 N–H and O–H groups in total. The van der Waals surface area contributed by atoms with Crippen LogP contribution in [0.3, 0.4) is 0 Å². The molecular weight excluding hydrogens is 430 g/mol. The molecule has 0 fully saturated rings. The van der Waals surface area contributed by atoms with Crippen molar-refractivity contribution >= 4 is 18.4 Å². The Morgan fingerprint density at radius 2 is 1.09 bits per heavy atom. The standard InChI is InChI=1S/C31H35NOSi/c1-26(23-33-24-28-16-8-3-9-17-28)25-34(29-18-10-4-11-19-29,30-20-12-5-13-21-30)31(32)22-27-14-6-2-7-15-27/h2-21,26,31H,22-25,32H2,1H3/t26-,31?/m1/s1. The predicted octanol–water partition coefficient (Wildman–Crippen LogP) is 5.21. The van der Waals surface area contributed by atoms with Crippen LogP contribution in [0.2, 0.25) is 6.04 Å². The number of ether oxygens (including phenoxy) is 1. The molecule has 2 atom stereocenters. The van der Waals surface area contributed by atoms with Crippen LogP contribution in [0.25, 0.3) is 0 Å². The van der Waals surface area contributed by atoms with Crippen LogP contribution >= 0.6 is 0 Å². The van der Waals surface area contributed by atoms with Gasteiger partial charge in [0.05, 0.1) is 6.61 Å². The summed E-state index contributed by atoms with van der Waals surface area (Å²) in [5.74, 6) is 0.387. The summed E-state index contributed by atoms with van der Waals surface area (Å²) in [5, 5.41) is 2.80. The van der Waals surface area contributed by atoms with Crippen molar-refractivity contribution in [2.45, 2.75) is 31.7 Å². The van der Waals surface area contributed by atoms with E-state index in [-0.39, 0.29) is 5.67 Å². The van der Waals surface area contributed by atoms with Gasteiger partial charge in [0.15, 0.2) is 0 Å². The zero-order chi connectivity index (χ0) is 23.6. The predicted molar refractivity (Wildman–Crippen MR) is 146 cm³/mol. The maximum atomic E-state index is 7.24. The normalized spacial score (nSPS) is 13.4. The molecule has 2 nitrogen and oxygen atoms in total. The first kappa shape index (κ1) is 24.2. The van der Waals surface area contributed by atoms with Gasteiger partial charge in [-0.3, -0.25) is 0 Å². The lowest BCUT2D eigenvalue weighted by Gasteiger charge is -2.40. The van der Waals surface area contributed by atoms with E-state index in [9.17, 15) is 0 Å². The minimum Gasteiger partial charge on any atom is -0.377 e. The molecule has 1 unspecified atom stereocenters. The maximum absolute atomic E-state index is 7.24. The number of hydrogen-bond acceptors (Lipinski definition) is 2. The van der Waals surface area contributed by atoms with E-state index in [0.29, 0.717) is 12.5 Å². The molecule has 0 amide bonds. The molecule has 174 valence electrons. The average Bonchev–Trinajstić information content (AvgIpc) is 2.89. The number of rotatable bonds is 11. The Hall–Kier alpha value is -2.98. The van der Waals surface area contributed by atoms with Gasteiger partial charge in [0.25, 0.3) is 0 Å². The molecular formula is C31H35NOSi. The summed E-state index contributed by atoms with van der Waals surface area (Å²) in [6.45, 7) is 3.68. The van der Waals surface area contributed by atoms with E-state index in [0.717, 1.165) is 19.1 Å². The highest BCUT2D eigenvalue weighted by Crippen LogP contribution is 2.24. The van der Waals surface area contributed by atoms with Crippen LogP contribution in [-0.2, 0) is 17.8 Å². The Morgan fingerprint density at radius 3 is 1.59 bits per heavy atom. The van der Waals surface area contributed by atoms with E-state index >= 15 is 0 Å². The van der Waals surface area contributed by atoms with Gasteiger partial charge in [-0.2, -0.15) is 0 Å². The minimum atomic E-state index is -2.33. The molecule has 0 aliphatic rings. The van der Waals surface area contributed by atoms with Crippen molar-refractivity contribution in [3.05, 3.63) is 132 Å². The molecule has 0 spiro atoms. The van der Waals surface area contributed by atoms with Gasteiger partial charge < -0.3 is 10.5 Å². The van der Waals surface area contributed by atoms with Crippen LogP contribution in [0.5, 0.6) is 0 Å². The molecule has 0 radical (unpaired) electrons. The van der Waals surface area contributed by atoms with Crippen LogP contribution in [-0.4, -0.2) is 20.3 Å². The molecule has 0 saturated heterocycles. The summed E-state index contributed by atoms with van der Waals surface area (Å²) in [6, 6.07) is 44.1. The highest BCUT2D eigenvalue weighted by Gasteiger charge is 2.43. The third-order valence-corrected chi connectivity index (χ3v) is 12.2. The molecule has 4 rings (SSSR count). The molecule has 0 bridgehead atoms. The molecule has 0 aliphatic carbocycles. The highest BCUT2D eigenvalue weighted by molar-refractivity contribution is 7.03. The second-order valence-electron chi connectivity index (χ2n) is 9.31. The molecule has 0 aliphatic heterocycles. The summed E-state index contributed by atoms with van der Waals surface area (Å²) >= 11 is 0. The van der Waals surface area contributed by atoms with Crippen molar-refractivity contribution in [1.82, 2.24) is 0 Å². The van der Waals surface area contributed by atoms with E-state index in [1.165, 1.54) is 21.5 Å². The maximum Gasteiger partial charge on any atom is 0.135 e. The van der Waals surface area contributed by atoms with Crippen molar-refractivity contribution < 1.29 is 4.74 Å². The molecule has 4 aromatic rings. The molecule has 4 aromatic carbocycles. The summed E-state index contributed by atoms with van der Waals surface area (Å²) in [5.41, 5.74) is 9.80. The lowest BCUT2D eigenvalue weighted by atomic mass is 10.1. The van der Waals surface area contributed by atoms with Crippen LogP contribution in [0.1, 0.15) is 18.1 Å². The fraction of sp³-hybridized carbons (Fsp3) is 0.226. The largest absolute Gasteiger partial charge is 0.377 e. The van der Waals surface area contributed by atoms with Crippen LogP contribution < -0.4 is 16.1 Å². The monoisotopic (exact) mass is 465 g/mol. The van der Waals surface area contributed by atoms with Gasteiger partial charge in [0.2, 0.25) is 0 Å². The topological polar surface area (TPSA) is 35.2 Å². The fourth-order valence-corrected chi connectivity index (χ4v) is 10.4. The van der Waals surface area contributed by atoms with Gasteiger partial charge in [0, 0.05) is 12.3 Å². The van der Waals surface area contributed by atoms with Gasteiger partial charge in [-0.25, -0.2) is 0 Å². The van der Waals surface area contributed by atoms with Crippen LogP contribution in [0.15, 0.2) is 121 Å². The Balaban J connectivity index is 1.64. The average molecular weight is 466 g/mol. The zero-order valence-corrected chi connectivity index (χ0v) is 21.0. The molecule has 0 heterocycles. The van der Waals surface area contributed by atoms with Crippen molar-refractivity contribution in [3.63, 3.8) is 0 Å². The third-order valence-electron chi connectivity index (χ3n) is 6.69. The van der Waals surface area contributed by atoms with E-state index in [1.54, 1.807) is 0 Å². The quantitative estimate of drug-likeness (QED) is 0.309.